The maximum Gasteiger partial charge on any atom is 0.206 e. The Morgan fingerprint density at radius 3 is 2.87 bits per heavy atom. The molecule has 0 aromatic carbocycles. The fourth-order valence-electron chi connectivity index (χ4n) is 1.39. The van der Waals surface area contributed by atoms with Crippen LogP contribution in [0.15, 0.2) is 28.9 Å². The highest BCUT2D eigenvalue weighted by atomic mass is 35.5. The van der Waals surface area contributed by atoms with Gasteiger partial charge < -0.3 is 4.42 Å². The lowest BCUT2D eigenvalue weighted by Gasteiger charge is -1.96. The summed E-state index contributed by atoms with van der Waals surface area (Å²) >= 11 is 7.07. The van der Waals surface area contributed by atoms with Crippen molar-refractivity contribution in [3.8, 4) is 0 Å². The first-order chi connectivity index (χ1) is 7.22. The normalized spacial score (nSPS) is 10.5. The zero-order chi connectivity index (χ0) is 10.8. The number of hydrogen-bond donors (Lipinski definition) is 0. The van der Waals surface area contributed by atoms with Gasteiger partial charge in [0.05, 0.1) is 21.0 Å². The summed E-state index contributed by atoms with van der Waals surface area (Å²) in [5.41, 5.74) is 0.635. The second-order valence-corrected chi connectivity index (χ2v) is 4.76. The average molecular weight is 241 g/mol. The van der Waals surface area contributed by atoms with Crippen LogP contribution in [0.4, 0.5) is 0 Å². The van der Waals surface area contributed by atoms with Crippen molar-refractivity contribution in [2.75, 3.05) is 0 Å². The van der Waals surface area contributed by atoms with Crippen LogP contribution in [0.2, 0.25) is 4.34 Å². The molecular weight excluding hydrogens is 232 g/mol. The lowest BCUT2D eigenvalue weighted by atomic mass is 10.1. The van der Waals surface area contributed by atoms with Crippen LogP contribution in [0.3, 0.4) is 0 Å². The van der Waals surface area contributed by atoms with Gasteiger partial charge in [-0.2, -0.15) is 0 Å². The maximum absolute atomic E-state index is 12.0. The topological polar surface area (TPSA) is 30.2 Å². The standard InChI is InChI=1S/C11H9ClO2S/c1-2-8-7(5-6-14-8)11(13)9-3-4-10(12)15-9/h3-6H,2H2,1H3. The molecule has 0 saturated heterocycles. The molecule has 0 aliphatic heterocycles. The third-order valence-electron chi connectivity index (χ3n) is 2.11. The van der Waals surface area contributed by atoms with Crippen LogP contribution < -0.4 is 0 Å². The Bertz CT molecular complexity index is 484. The van der Waals surface area contributed by atoms with Gasteiger partial charge in [-0.1, -0.05) is 18.5 Å². The van der Waals surface area contributed by atoms with E-state index in [1.54, 1.807) is 24.5 Å². The molecule has 2 aromatic rings. The predicted molar refractivity (Wildman–Crippen MR) is 60.8 cm³/mol. The molecule has 2 nitrogen and oxygen atoms in total. The zero-order valence-corrected chi connectivity index (χ0v) is 9.69. The van der Waals surface area contributed by atoms with E-state index in [9.17, 15) is 4.79 Å². The van der Waals surface area contributed by atoms with E-state index in [-0.39, 0.29) is 5.78 Å². The van der Waals surface area contributed by atoms with E-state index in [4.69, 9.17) is 16.0 Å². The minimum atomic E-state index is -0.0162. The van der Waals surface area contributed by atoms with Crippen molar-refractivity contribution in [1.82, 2.24) is 0 Å². The molecule has 2 aromatic heterocycles. The molecule has 2 heterocycles. The molecule has 78 valence electrons. The molecular formula is C11H9ClO2S. The molecule has 2 rings (SSSR count). The Kier molecular flexibility index (Phi) is 2.93. The number of thiophene rings is 1. The van der Waals surface area contributed by atoms with Gasteiger partial charge in [0.2, 0.25) is 5.78 Å². The van der Waals surface area contributed by atoms with Crippen LogP contribution in [-0.2, 0) is 6.42 Å². The average Bonchev–Trinajstić information content (AvgIpc) is 2.84. The molecule has 4 heteroatoms. The third kappa shape index (κ3) is 1.98. The van der Waals surface area contributed by atoms with Gasteiger partial charge in [0.15, 0.2) is 0 Å². The molecule has 0 N–H and O–H groups in total. The Labute approximate surface area is 96.5 Å². The van der Waals surface area contributed by atoms with E-state index >= 15 is 0 Å². The van der Waals surface area contributed by atoms with Gasteiger partial charge in [0.1, 0.15) is 5.76 Å². The minimum Gasteiger partial charge on any atom is -0.469 e. The van der Waals surface area contributed by atoms with Crippen LogP contribution in [0, 0.1) is 0 Å². The molecule has 0 spiro atoms. The molecule has 15 heavy (non-hydrogen) atoms. The van der Waals surface area contributed by atoms with E-state index in [0.717, 1.165) is 5.76 Å². The lowest BCUT2D eigenvalue weighted by molar-refractivity contribution is 0.104. The molecule has 0 saturated carbocycles. The fraction of sp³-hybridized carbons (Fsp3) is 0.182. The summed E-state index contributed by atoms with van der Waals surface area (Å²) in [5.74, 6) is 0.710. The summed E-state index contributed by atoms with van der Waals surface area (Å²) in [5, 5.41) is 0. The lowest BCUT2D eigenvalue weighted by Crippen LogP contribution is -1.99. The molecule has 0 aliphatic carbocycles. The quantitative estimate of drug-likeness (QED) is 0.764. The summed E-state index contributed by atoms with van der Waals surface area (Å²) in [6.45, 7) is 1.96. The van der Waals surface area contributed by atoms with Crippen molar-refractivity contribution in [3.63, 3.8) is 0 Å². The molecule has 0 fully saturated rings. The third-order valence-corrected chi connectivity index (χ3v) is 3.34. The SMILES string of the molecule is CCc1occc1C(=O)c1ccc(Cl)s1. The van der Waals surface area contributed by atoms with Gasteiger partial charge in [-0.3, -0.25) is 4.79 Å². The molecule has 0 radical (unpaired) electrons. The molecule has 0 amide bonds. The van der Waals surface area contributed by atoms with Crippen molar-refractivity contribution in [3.05, 3.63) is 45.0 Å². The molecule has 0 unspecified atom stereocenters. The first-order valence-electron chi connectivity index (χ1n) is 4.58. The van der Waals surface area contributed by atoms with Gasteiger partial charge in [-0.15, -0.1) is 11.3 Å². The molecule has 0 aliphatic rings. The van der Waals surface area contributed by atoms with Crippen molar-refractivity contribution < 1.29 is 9.21 Å². The Morgan fingerprint density at radius 1 is 1.47 bits per heavy atom. The van der Waals surface area contributed by atoms with Crippen LogP contribution in [0.25, 0.3) is 0 Å². The van der Waals surface area contributed by atoms with Crippen molar-refractivity contribution in [2.45, 2.75) is 13.3 Å². The predicted octanol–water partition coefficient (Wildman–Crippen LogP) is 3.79. The Hall–Kier alpha value is -1.06. The van der Waals surface area contributed by atoms with Crippen molar-refractivity contribution >= 4 is 28.7 Å². The summed E-state index contributed by atoms with van der Waals surface area (Å²) < 4.78 is 5.84. The summed E-state index contributed by atoms with van der Waals surface area (Å²) in [7, 11) is 0. The summed E-state index contributed by atoms with van der Waals surface area (Å²) in [4.78, 5) is 12.6. The molecule has 0 atom stereocenters. The number of carbonyl (C=O) groups excluding carboxylic acids is 1. The van der Waals surface area contributed by atoms with Gasteiger partial charge in [-0.05, 0) is 18.2 Å². The minimum absolute atomic E-state index is 0.0162. The smallest absolute Gasteiger partial charge is 0.206 e. The highest BCUT2D eigenvalue weighted by Crippen LogP contribution is 2.25. The number of hydrogen-bond acceptors (Lipinski definition) is 3. The maximum atomic E-state index is 12.0. The summed E-state index contributed by atoms with van der Waals surface area (Å²) in [6.07, 6.45) is 2.26. The first kappa shape index (κ1) is 10.5. The highest BCUT2D eigenvalue weighted by Gasteiger charge is 2.16. The highest BCUT2D eigenvalue weighted by molar-refractivity contribution is 7.18. The van der Waals surface area contributed by atoms with Crippen LogP contribution >= 0.6 is 22.9 Å². The van der Waals surface area contributed by atoms with Gasteiger partial charge >= 0.3 is 0 Å². The largest absolute Gasteiger partial charge is 0.469 e. The van der Waals surface area contributed by atoms with E-state index < -0.39 is 0 Å². The summed E-state index contributed by atoms with van der Waals surface area (Å²) in [6, 6.07) is 5.17. The number of halogens is 1. The van der Waals surface area contributed by atoms with Crippen LogP contribution in [0.1, 0.15) is 27.9 Å². The molecule has 0 bridgehead atoms. The van der Waals surface area contributed by atoms with Crippen LogP contribution in [0.5, 0.6) is 0 Å². The number of rotatable bonds is 3. The van der Waals surface area contributed by atoms with E-state index in [1.165, 1.54) is 11.3 Å². The fourth-order valence-corrected chi connectivity index (χ4v) is 2.38. The van der Waals surface area contributed by atoms with Crippen LogP contribution in [-0.4, -0.2) is 5.78 Å². The first-order valence-corrected chi connectivity index (χ1v) is 5.78. The second kappa shape index (κ2) is 4.21. The van der Waals surface area contributed by atoms with Crippen molar-refractivity contribution in [2.24, 2.45) is 0 Å². The van der Waals surface area contributed by atoms with Gasteiger partial charge in [0.25, 0.3) is 0 Å². The van der Waals surface area contributed by atoms with Gasteiger partial charge in [0, 0.05) is 6.42 Å². The monoisotopic (exact) mass is 240 g/mol. The van der Waals surface area contributed by atoms with E-state index in [1.807, 2.05) is 6.92 Å². The zero-order valence-electron chi connectivity index (χ0n) is 8.12. The van der Waals surface area contributed by atoms with E-state index in [0.29, 0.717) is 21.2 Å². The number of aryl methyl sites for hydroxylation is 1. The number of ketones is 1. The second-order valence-electron chi connectivity index (χ2n) is 3.04. The Morgan fingerprint density at radius 2 is 2.27 bits per heavy atom. The Balaban J connectivity index is 2.36. The van der Waals surface area contributed by atoms with E-state index in [2.05, 4.69) is 0 Å². The van der Waals surface area contributed by atoms with Gasteiger partial charge in [-0.25, -0.2) is 0 Å². The number of carbonyl (C=O) groups is 1. The van der Waals surface area contributed by atoms with Crippen molar-refractivity contribution in [1.29, 1.82) is 0 Å². The number of furan rings is 1.